The fourth-order valence-corrected chi connectivity index (χ4v) is 2.06. The third-order valence-corrected chi connectivity index (χ3v) is 2.80. The zero-order valence-corrected chi connectivity index (χ0v) is 7.92. The van der Waals surface area contributed by atoms with Crippen LogP contribution in [0.25, 0.3) is 0 Å². The second-order valence-electron chi connectivity index (χ2n) is 3.82. The van der Waals surface area contributed by atoms with Crippen molar-refractivity contribution >= 4 is 11.6 Å². The van der Waals surface area contributed by atoms with Crippen molar-refractivity contribution in [2.24, 2.45) is 11.0 Å². The summed E-state index contributed by atoms with van der Waals surface area (Å²) in [6, 6.07) is 0. The van der Waals surface area contributed by atoms with Gasteiger partial charge < -0.3 is 0 Å². The van der Waals surface area contributed by atoms with Crippen LogP contribution in [-0.2, 0) is 4.79 Å². The second kappa shape index (κ2) is 3.46. The zero-order valence-electron chi connectivity index (χ0n) is 7.92. The van der Waals surface area contributed by atoms with Gasteiger partial charge in [-0.05, 0) is 25.9 Å². The summed E-state index contributed by atoms with van der Waals surface area (Å²) in [6.07, 6.45) is 2.41. The van der Waals surface area contributed by atoms with Crippen LogP contribution < -0.4 is 5.43 Å². The van der Waals surface area contributed by atoms with Gasteiger partial charge in [0.1, 0.15) is 0 Å². The zero-order chi connectivity index (χ0) is 9.26. The van der Waals surface area contributed by atoms with Crippen molar-refractivity contribution in [1.29, 1.82) is 0 Å². The Morgan fingerprint density at radius 3 is 2.69 bits per heavy atom. The van der Waals surface area contributed by atoms with Crippen molar-refractivity contribution in [3.05, 3.63) is 0 Å². The highest BCUT2D eigenvalue weighted by Crippen LogP contribution is 2.24. The van der Waals surface area contributed by atoms with Crippen LogP contribution in [0, 0.1) is 5.92 Å². The molecule has 0 aromatic heterocycles. The molecule has 1 N–H and O–H groups in total. The van der Waals surface area contributed by atoms with Crippen molar-refractivity contribution < 1.29 is 4.79 Å². The maximum Gasteiger partial charge on any atom is 0.236 e. The van der Waals surface area contributed by atoms with Crippen LogP contribution >= 0.6 is 0 Å². The largest absolute Gasteiger partial charge is 0.298 e. The van der Waals surface area contributed by atoms with Gasteiger partial charge in [0.05, 0.1) is 5.71 Å². The van der Waals surface area contributed by atoms with Gasteiger partial charge in [-0.15, -0.1) is 0 Å². The van der Waals surface area contributed by atoms with Crippen molar-refractivity contribution in [3.8, 4) is 0 Å². The molecule has 4 nitrogen and oxygen atoms in total. The van der Waals surface area contributed by atoms with Gasteiger partial charge in [0, 0.05) is 19.4 Å². The van der Waals surface area contributed by atoms with Gasteiger partial charge in [-0.2, -0.15) is 5.10 Å². The van der Waals surface area contributed by atoms with Gasteiger partial charge in [0.15, 0.2) is 0 Å². The molecule has 0 aliphatic carbocycles. The van der Waals surface area contributed by atoms with E-state index in [9.17, 15) is 4.79 Å². The van der Waals surface area contributed by atoms with E-state index >= 15 is 0 Å². The van der Waals surface area contributed by atoms with Crippen LogP contribution in [0.4, 0.5) is 0 Å². The fourth-order valence-electron chi connectivity index (χ4n) is 2.06. The summed E-state index contributed by atoms with van der Waals surface area (Å²) in [6.45, 7) is 4.84. The van der Waals surface area contributed by atoms with Gasteiger partial charge in [-0.3, -0.25) is 9.69 Å². The number of carbonyl (C=O) groups excluding carboxylic acids is 1. The quantitative estimate of drug-likeness (QED) is 0.587. The van der Waals surface area contributed by atoms with E-state index in [1.807, 2.05) is 0 Å². The number of amides is 1. The van der Waals surface area contributed by atoms with Crippen molar-refractivity contribution in [2.75, 3.05) is 19.6 Å². The molecule has 0 aromatic carbocycles. The number of hydrazone groups is 1. The van der Waals surface area contributed by atoms with Gasteiger partial charge >= 0.3 is 0 Å². The monoisotopic (exact) mass is 181 g/mol. The Morgan fingerprint density at radius 1 is 1.54 bits per heavy atom. The summed E-state index contributed by atoms with van der Waals surface area (Å²) in [5, 5.41) is 4.14. The molecule has 72 valence electrons. The minimum atomic E-state index is -0.0797. The minimum absolute atomic E-state index is 0.0797. The molecule has 4 heteroatoms. The van der Waals surface area contributed by atoms with E-state index in [4.69, 9.17) is 0 Å². The molecule has 0 aromatic rings. The van der Waals surface area contributed by atoms with E-state index in [1.54, 1.807) is 0 Å². The molecular weight excluding hydrogens is 166 g/mol. The van der Waals surface area contributed by atoms with Crippen LogP contribution in [0.5, 0.6) is 0 Å². The molecule has 3 aliphatic rings. The summed E-state index contributed by atoms with van der Waals surface area (Å²) in [7, 11) is 0. The molecule has 3 fully saturated rings. The summed E-state index contributed by atoms with van der Waals surface area (Å²) < 4.78 is 0. The SMILES string of the molecule is CC(=O)N/N=C1/CN2CCC1CC2. The van der Waals surface area contributed by atoms with E-state index in [1.165, 1.54) is 32.9 Å². The maximum atomic E-state index is 10.7. The molecular formula is C9H15N3O. The first kappa shape index (κ1) is 8.69. The Morgan fingerprint density at radius 2 is 2.23 bits per heavy atom. The van der Waals surface area contributed by atoms with Crippen molar-refractivity contribution in [3.63, 3.8) is 0 Å². The van der Waals surface area contributed by atoms with E-state index in [-0.39, 0.29) is 5.91 Å². The second-order valence-corrected chi connectivity index (χ2v) is 3.82. The van der Waals surface area contributed by atoms with E-state index in [0.29, 0.717) is 5.92 Å². The van der Waals surface area contributed by atoms with E-state index in [2.05, 4.69) is 15.4 Å². The molecule has 3 aliphatic heterocycles. The van der Waals surface area contributed by atoms with Crippen molar-refractivity contribution in [2.45, 2.75) is 19.8 Å². The number of nitrogens with zero attached hydrogens (tertiary/aromatic N) is 2. The molecule has 2 bridgehead atoms. The lowest BCUT2D eigenvalue weighted by atomic mass is 9.87. The number of carbonyl (C=O) groups is 1. The number of hydrogen-bond acceptors (Lipinski definition) is 3. The first-order valence-electron chi connectivity index (χ1n) is 4.81. The number of nitrogens with one attached hydrogen (secondary N) is 1. The Kier molecular flexibility index (Phi) is 2.31. The molecule has 3 heterocycles. The summed E-state index contributed by atoms with van der Waals surface area (Å²) in [5.74, 6) is 0.542. The summed E-state index contributed by atoms with van der Waals surface area (Å²) in [4.78, 5) is 13.1. The lowest BCUT2D eigenvalue weighted by Crippen LogP contribution is -2.48. The highest BCUT2D eigenvalue weighted by Gasteiger charge is 2.30. The normalized spacial score (nSPS) is 35.0. The Bertz CT molecular complexity index is 241. The topological polar surface area (TPSA) is 44.7 Å². The average molecular weight is 181 g/mol. The van der Waals surface area contributed by atoms with Gasteiger partial charge in [-0.25, -0.2) is 5.43 Å². The molecule has 0 unspecified atom stereocenters. The molecule has 3 rings (SSSR count). The minimum Gasteiger partial charge on any atom is -0.298 e. The molecule has 3 saturated heterocycles. The number of rotatable bonds is 1. The Labute approximate surface area is 78.0 Å². The van der Waals surface area contributed by atoms with E-state index in [0.717, 1.165) is 12.3 Å². The predicted molar refractivity (Wildman–Crippen MR) is 50.4 cm³/mol. The fraction of sp³-hybridized carbons (Fsp3) is 0.778. The van der Waals surface area contributed by atoms with Gasteiger partial charge in [0.2, 0.25) is 5.91 Å². The van der Waals surface area contributed by atoms with E-state index < -0.39 is 0 Å². The third kappa shape index (κ3) is 1.88. The van der Waals surface area contributed by atoms with Gasteiger partial charge in [0.25, 0.3) is 0 Å². The number of fused-ring (bicyclic) bond motifs is 3. The van der Waals surface area contributed by atoms with Crippen LogP contribution in [0.15, 0.2) is 5.10 Å². The number of hydrogen-bond donors (Lipinski definition) is 1. The molecule has 0 atom stereocenters. The van der Waals surface area contributed by atoms with Crippen LogP contribution in [0.1, 0.15) is 19.8 Å². The molecule has 1 amide bonds. The molecule has 13 heavy (non-hydrogen) atoms. The van der Waals surface area contributed by atoms with Crippen molar-refractivity contribution in [1.82, 2.24) is 10.3 Å². The Balaban J connectivity index is 2.00. The first-order valence-corrected chi connectivity index (χ1v) is 4.81. The standard InChI is InChI=1S/C9H15N3O/c1-7(13)10-11-9-6-12-4-2-8(9)3-5-12/h8H,2-6H2,1H3,(H,10,13)/b11-9-. The highest BCUT2D eigenvalue weighted by atomic mass is 16.2. The van der Waals surface area contributed by atoms with Crippen LogP contribution in [-0.4, -0.2) is 36.2 Å². The summed E-state index contributed by atoms with van der Waals surface area (Å²) in [5.41, 5.74) is 3.68. The molecule has 0 radical (unpaired) electrons. The Hall–Kier alpha value is -0.900. The van der Waals surface area contributed by atoms with Gasteiger partial charge in [-0.1, -0.05) is 0 Å². The third-order valence-electron chi connectivity index (χ3n) is 2.80. The predicted octanol–water partition coefficient (Wildman–Crippen LogP) is 0.204. The lowest BCUT2D eigenvalue weighted by molar-refractivity contribution is -0.118. The molecule has 0 saturated carbocycles. The highest BCUT2D eigenvalue weighted by molar-refractivity contribution is 5.90. The maximum absolute atomic E-state index is 10.7. The van der Waals surface area contributed by atoms with Crippen LogP contribution in [0.3, 0.4) is 0 Å². The smallest absolute Gasteiger partial charge is 0.236 e. The first-order chi connectivity index (χ1) is 6.25. The average Bonchev–Trinajstić information content (AvgIpc) is 2.17. The number of piperidine rings is 3. The van der Waals surface area contributed by atoms with Crippen LogP contribution in [0.2, 0.25) is 0 Å². The summed E-state index contributed by atoms with van der Waals surface area (Å²) >= 11 is 0. The molecule has 0 spiro atoms. The lowest BCUT2D eigenvalue weighted by Gasteiger charge is -2.39.